The van der Waals surface area contributed by atoms with Crippen LogP contribution in [0.1, 0.15) is 252 Å². The van der Waals surface area contributed by atoms with E-state index in [0.717, 1.165) is 122 Å². The highest BCUT2D eigenvalue weighted by Gasteiger charge is 2.28. The Morgan fingerprint density at radius 1 is 0.414 bits per heavy atom. The van der Waals surface area contributed by atoms with Crippen LogP contribution in [0.4, 0.5) is 0 Å². The molecule has 0 saturated carbocycles. The van der Waals surface area contributed by atoms with Crippen molar-refractivity contribution >= 4 is 25.7 Å². The third-order valence-electron chi connectivity index (χ3n) is 11.9. The summed E-state index contributed by atoms with van der Waals surface area (Å²) in [6, 6.07) is 0. The van der Waals surface area contributed by atoms with E-state index in [2.05, 4.69) is 81.5 Å². The van der Waals surface area contributed by atoms with Crippen molar-refractivity contribution in [3.05, 3.63) is 60.8 Å². The lowest BCUT2D eigenvalue weighted by molar-refractivity contribution is -0.161. The first-order chi connectivity index (χ1) is 34.2. The summed E-state index contributed by atoms with van der Waals surface area (Å²) in [4.78, 5) is 48.4. The SMILES string of the molecule is CC/C=C\C/C=C\C/C=C\CCCCCCCCCC(=O)OC(COC(=O)CCCCCCCCCCCCC)COP(=O)(O)OCC(CO)OC(=O)CCCCCCC/C=C\C/C=C\CCCCC. The van der Waals surface area contributed by atoms with E-state index >= 15 is 0 Å². The molecular formula is C58H103O11P. The van der Waals surface area contributed by atoms with E-state index in [4.69, 9.17) is 23.3 Å². The van der Waals surface area contributed by atoms with E-state index in [0.29, 0.717) is 19.3 Å². The number of hydrogen-bond acceptors (Lipinski definition) is 10. The number of esters is 3. The summed E-state index contributed by atoms with van der Waals surface area (Å²) in [5.74, 6) is -1.48. The molecule has 12 heteroatoms. The first-order valence-electron chi connectivity index (χ1n) is 28.2. The van der Waals surface area contributed by atoms with Crippen molar-refractivity contribution in [3.63, 3.8) is 0 Å². The molecule has 3 atom stereocenters. The van der Waals surface area contributed by atoms with Crippen molar-refractivity contribution in [2.24, 2.45) is 0 Å². The number of allylic oxidation sites excluding steroid dienone is 10. The average molecular weight is 1010 g/mol. The monoisotopic (exact) mass is 1010 g/mol. The van der Waals surface area contributed by atoms with Crippen LogP contribution in [-0.4, -0.2) is 66.5 Å². The van der Waals surface area contributed by atoms with Crippen LogP contribution in [0.3, 0.4) is 0 Å². The average Bonchev–Trinajstić information content (AvgIpc) is 3.35. The molecule has 70 heavy (non-hydrogen) atoms. The fourth-order valence-electron chi connectivity index (χ4n) is 7.64. The number of phosphoric acid groups is 1. The lowest BCUT2D eigenvalue weighted by atomic mass is 10.1. The third-order valence-corrected chi connectivity index (χ3v) is 12.9. The molecule has 3 unspecified atom stereocenters. The van der Waals surface area contributed by atoms with Crippen molar-refractivity contribution in [3.8, 4) is 0 Å². The number of hydrogen-bond donors (Lipinski definition) is 2. The topological polar surface area (TPSA) is 155 Å². The molecule has 0 spiro atoms. The number of aliphatic hydroxyl groups is 1. The van der Waals surface area contributed by atoms with Crippen LogP contribution < -0.4 is 0 Å². The van der Waals surface area contributed by atoms with Crippen LogP contribution in [-0.2, 0) is 42.2 Å². The molecule has 0 aliphatic heterocycles. The predicted octanol–water partition coefficient (Wildman–Crippen LogP) is 16.4. The van der Waals surface area contributed by atoms with Crippen molar-refractivity contribution in [1.29, 1.82) is 0 Å². The highest BCUT2D eigenvalue weighted by atomic mass is 31.2. The summed E-state index contributed by atoms with van der Waals surface area (Å²) in [6.07, 6.45) is 56.0. The number of carbonyl (C=O) groups is 3. The molecule has 0 aliphatic carbocycles. The van der Waals surface area contributed by atoms with E-state index in [1.54, 1.807) is 0 Å². The zero-order valence-corrected chi connectivity index (χ0v) is 45.6. The molecule has 0 aromatic carbocycles. The number of aliphatic hydroxyl groups excluding tert-OH is 1. The Kier molecular flexibility index (Phi) is 50.4. The highest BCUT2D eigenvalue weighted by molar-refractivity contribution is 7.47. The van der Waals surface area contributed by atoms with Gasteiger partial charge < -0.3 is 24.2 Å². The number of carbonyl (C=O) groups excluding carboxylic acids is 3. The minimum Gasteiger partial charge on any atom is -0.462 e. The zero-order valence-electron chi connectivity index (χ0n) is 44.7. The summed E-state index contributed by atoms with van der Waals surface area (Å²) in [6.45, 7) is 4.48. The Morgan fingerprint density at radius 3 is 1.17 bits per heavy atom. The van der Waals surface area contributed by atoms with E-state index < -0.39 is 57.8 Å². The maximum Gasteiger partial charge on any atom is 0.472 e. The summed E-state index contributed by atoms with van der Waals surface area (Å²) < 4.78 is 39.4. The molecule has 11 nitrogen and oxygen atoms in total. The van der Waals surface area contributed by atoms with Gasteiger partial charge in [0.2, 0.25) is 0 Å². The van der Waals surface area contributed by atoms with E-state index in [1.165, 1.54) is 70.6 Å². The highest BCUT2D eigenvalue weighted by Crippen LogP contribution is 2.43. The molecule has 2 N–H and O–H groups in total. The molecule has 0 radical (unpaired) electrons. The molecule has 0 saturated heterocycles. The van der Waals surface area contributed by atoms with Crippen LogP contribution in [0.5, 0.6) is 0 Å². The van der Waals surface area contributed by atoms with Gasteiger partial charge in [-0.15, -0.1) is 0 Å². The van der Waals surface area contributed by atoms with E-state index in [1.807, 2.05) is 0 Å². The summed E-state index contributed by atoms with van der Waals surface area (Å²) >= 11 is 0. The minimum absolute atomic E-state index is 0.156. The molecule has 0 aliphatic rings. The first kappa shape index (κ1) is 67.2. The van der Waals surface area contributed by atoms with Gasteiger partial charge >= 0.3 is 25.7 Å². The van der Waals surface area contributed by atoms with Gasteiger partial charge in [-0.3, -0.25) is 23.4 Å². The quantitative estimate of drug-likeness (QED) is 0.0197. The fourth-order valence-corrected chi connectivity index (χ4v) is 8.42. The molecule has 0 amide bonds. The number of rotatable bonds is 52. The summed E-state index contributed by atoms with van der Waals surface area (Å²) in [5, 5.41) is 9.80. The Balaban J connectivity index is 4.71. The maximum atomic E-state index is 12.9. The summed E-state index contributed by atoms with van der Waals surface area (Å²) in [5.41, 5.74) is 0. The van der Waals surface area contributed by atoms with Gasteiger partial charge in [0.25, 0.3) is 0 Å². The minimum atomic E-state index is -4.75. The van der Waals surface area contributed by atoms with Gasteiger partial charge in [-0.2, -0.15) is 0 Å². The molecule has 0 heterocycles. The van der Waals surface area contributed by atoms with Gasteiger partial charge in [0.1, 0.15) is 12.7 Å². The maximum absolute atomic E-state index is 12.9. The molecule has 0 aromatic heterocycles. The van der Waals surface area contributed by atoms with Crippen LogP contribution in [0, 0.1) is 0 Å². The standard InChI is InChI=1S/C58H103O11P/c1-4-7-10-13-16-19-22-24-26-27-29-31-34-37-40-43-46-49-58(62)69-55(51-65-56(60)47-44-41-38-35-32-21-18-15-12-9-6-3)53-67-70(63,64)66-52-54(50-59)68-57(61)48-45-42-39-36-33-30-28-25-23-20-17-14-11-8-5-2/h7,10,16-17,19-20,24-26,28,54-55,59H,4-6,8-9,11-15,18,21-23,27,29-53H2,1-3H3,(H,63,64)/b10-7-,19-16-,20-17-,26-24-,28-25-. The second-order valence-corrected chi connectivity index (χ2v) is 20.2. The Labute approximate surface area is 427 Å². The van der Waals surface area contributed by atoms with Crippen molar-refractivity contribution < 1.29 is 52.2 Å². The van der Waals surface area contributed by atoms with Crippen molar-refractivity contribution in [1.82, 2.24) is 0 Å². The number of unbranched alkanes of at least 4 members (excludes halogenated alkanes) is 25. The molecular weight excluding hydrogens is 904 g/mol. The first-order valence-corrected chi connectivity index (χ1v) is 29.7. The Hall–Kier alpha value is -2.82. The molecule has 406 valence electrons. The largest absolute Gasteiger partial charge is 0.472 e. The van der Waals surface area contributed by atoms with Crippen molar-refractivity contribution in [2.45, 2.75) is 264 Å². The Morgan fingerprint density at radius 2 is 0.743 bits per heavy atom. The van der Waals surface area contributed by atoms with Gasteiger partial charge in [0.05, 0.1) is 19.8 Å². The second kappa shape index (κ2) is 52.5. The van der Waals surface area contributed by atoms with Gasteiger partial charge in [0.15, 0.2) is 6.10 Å². The predicted molar refractivity (Wildman–Crippen MR) is 288 cm³/mol. The van der Waals surface area contributed by atoms with Crippen LogP contribution in [0.15, 0.2) is 60.8 Å². The zero-order chi connectivity index (χ0) is 51.3. The van der Waals surface area contributed by atoms with Crippen LogP contribution >= 0.6 is 7.82 Å². The van der Waals surface area contributed by atoms with E-state index in [-0.39, 0.29) is 25.9 Å². The smallest absolute Gasteiger partial charge is 0.462 e. The number of phosphoric ester groups is 1. The molecule has 0 bridgehead atoms. The Bertz CT molecular complexity index is 1410. The van der Waals surface area contributed by atoms with Crippen molar-refractivity contribution in [2.75, 3.05) is 26.4 Å². The molecule has 0 aromatic rings. The third kappa shape index (κ3) is 50.1. The fraction of sp³-hybridized carbons (Fsp3) is 0.776. The second-order valence-electron chi connectivity index (χ2n) is 18.7. The lowest BCUT2D eigenvalue weighted by Crippen LogP contribution is -2.30. The van der Waals surface area contributed by atoms with Gasteiger partial charge in [-0.1, -0.05) is 210 Å². The normalized spacial score (nSPS) is 13.8. The van der Waals surface area contributed by atoms with Gasteiger partial charge in [0, 0.05) is 19.3 Å². The lowest BCUT2D eigenvalue weighted by Gasteiger charge is -2.21. The molecule has 0 rings (SSSR count). The molecule has 0 fully saturated rings. The summed E-state index contributed by atoms with van der Waals surface area (Å²) in [7, 11) is -4.75. The van der Waals surface area contributed by atoms with Crippen LogP contribution in [0.25, 0.3) is 0 Å². The van der Waals surface area contributed by atoms with E-state index in [9.17, 15) is 28.9 Å². The van der Waals surface area contributed by atoms with Gasteiger partial charge in [-0.05, 0) is 83.5 Å². The number of ether oxygens (including phenoxy) is 3. The van der Waals surface area contributed by atoms with Gasteiger partial charge in [-0.25, -0.2) is 4.57 Å². The van der Waals surface area contributed by atoms with Crippen LogP contribution in [0.2, 0.25) is 0 Å².